The molecule has 0 N–H and O–H groups in total. The number of likely N-dealkylation sites (tertiary alicyclic amines) is 1. The third-order valence-corrected chi connectivity index (χ3v) is 3.82. The molecule has 2 heterocycles. The average Bonchev–Trinajstić information content (AvgIpc) is 2.25. The zero-order chi connectivity index (χ0) is 10.7. The van der Waals surface area contributed by atoms with E-state index in [2.05, 4.69) is 28.8 Å². The second-order valence-electron chi connectivity index (χ2n) is 5.17. The largest absolute Gasteiger partial charge is 0.459 e. The molecule has 91 valence electrons. The van der Waals surface area contributed by atoms with E-state index in [1.165, 1.54) is 58.7 Å². The van der Waals surface area contributed by atoms with Gasteiger partial charge in [-0.2, -0.15) is 0 Å². The fourth-order valence-electron chi connectivity index (χ4n) is 2.56. The van der Waals surface area contributed by atoms with E-state index in [0.29, 0.717) is 0 Å². The molecule has 0 unspecified atom stereocenters. The summed E-state index contributed by atoms with van der Waals surface area (Å²) in [5, 5.41) is 0. The van der Waals surface area contributed by atoms with E-state index in [1.807, 2.05) is 0 Å². The fourth-order valence-corrected chi connectivity index (χ4v) is 2.56. The fraction of sp³-hybridized carbons (Fsp3) is 0.917. The molecule has 2 rings (SSSR count). The Balaban J connectivity index is 0.00000128. The Morgan fingerprint density at radius 3 is 2.12 bits per heavy atom. The van der Waals surface area contributed by atoms with Gasteiger partial charge in [-0.3, -0.25) is 7.05 Å². The molecular weight excluding hydrogens is 275 g/mol. The quantitative estimate of drug-likeness (QED) is 0.696. The normalized spacial score (nSPS) is 26.6. The van der Waals surface area contributed by atoms with Gasteiger partial charge in [-0.15, -0.1) is 0 Å². The average molecular weight is 299 g/mol. The van der Waals surface area contributed by atoms with Crippen LogP contribution in [-0.2, 0) is 32.7 Å². The van der Waals surface area contributed by atoms with Gasteiger partial charge in [-0.25, -0.2) is 0 Å². The minimum Gasteiger partial charge on any atom is -0.459 e. The first-order valence-corrected chi connectivity index (χ1v) is 6.20. The minimum atomic E-state index is 0. The van der Waals surface area contributed by atoms with Crippen molar-refractivity contribution in [3.05, 3.63) is 7.05 Å². The van der Waals surface area contributed by atoms with Crippen molar-refractivity contribution in [2.75, 3.05) is 52.9 Å². The smallest absolute Gasteiger partial charge is 0.0110 e. The van der Waals surface area contributed by atoms with Crippen LogP contribution in [-0.4, -0.2) is 67.6 Å². The molecule has 2 aliphatic heterocycles. The van der Waals surface area contributed by atoms with Crippen LogP contribution >= 0.6 is 0 Å². The van der Waals surface area contributed by atoms with Crippen molar-refractivity contribution >= 4 is 0 Å². The summed E-state index contributed by atoms with van der Waals surface area (Å²) < 4.78 is 0. The molecule has 0 aromatic carbocycles. The molecule has 0 amide bonds. The summed E-state index contributed by atoms with van der Waals surface area (Å²) >= 11 is 0. The Morgan fingerprint density at radius 1 is 1.00 bits per heavy atom. The van der Waals surface area contributed by atoms with Crippen LogP contribution in [0.2, 0.25) is 0 Å². The number of rotatable bonds is 2. The van der Waals surface area contributed by atoms with Crippen molar-refractivity contribution in [3.63, 3.8) is 0 Å². The van der Waals surface area contributed by atoms with Gasteiger partial charge in [-0.1, -0.05) is 0 Å². The van der Waals surface area contributed by atoms with Gasteiger partial charge in [0, 0.05) is 65.4 Å². The summed E-state index contributed by atoms with van der Waals surface area (Å²) in [6.07, 6.45) is 2.69. The summed E-state index contributed by atoms with van der Waals surface area (Å²) in [4.78, 5) is 7.28. The van der Waals surface area contributed by atoms with E-state index in [4.69, 9.17) is 0 Å². The maximum Gasteiger partial charge on any atom is 0.0110 e. The zero-order valence-corrected chi connectivity index (χ0v) is 13.4. The zero-order valence-electron chi connectivity index (χ0n) is 10.6. The second kappa shape index (κ2) is 7.43. The molecule has 2 aliphatic rings. The molecule has 0 bridgehead atoms. The first-order chi connectivity index (χ1) is 7.24. The Hall–Kier alpha value is 0.984. The SMILES string of the molecule is [CH2-]N1CCC(CN2CCN(C)CC2)CC1.[Y]. The van der Waals surface area contributed by atoms with Crippen LogP contribution in [0.3, 0.4) is 0 Å². The summed E-state index contributed by atoms with van der Waals surface area (Å²) in [5.74, 6) is 0.923. The van der Waals surface area contributed by atoms with Crippen LogP contribution in [0.25, 0.3) is 0 Å². The summed E-state index contributed by atoms with van der Waals surface area (Å²) in [5.41, 5.74) is 0. The van der Waals surface area contributed by atoms with Gasteiger partial charge >= 0.3 is 0 Å². The van der Waals surface area contributed by atoms with Crippen molar-refractivity contribution in [2.24, 2.45) is 5.92 Å². The summed E-state index contributed by atoms with van der Waals surface area (Å²) in [6.45, 7) is 8.73. The van der Waals surface area contributed by atoms with E-state index in [-0.39, 0.29) is 32.7 Å². The molecule has 0 saturated carbocycles. The number of piperidine rings is 1. The van der Waals surface area contributed by atoms with Gasteiger partial charge in [0.2, 0.25) is 0 Å². The predicted molar refractivity (Wildman–Crippen MR) is 63.6 cm³/mol. The van der Waals surface area contributed by atoms with Gasteiger partial charge < -0.3 is 14.7 Å². The number of hydrogen-bond donors (Lipinski definition) is 0. The van der Waals surface area contributed by atoms with Crippen molar-refractivity contribution < 1.29 is 32.7 Å². The number of piperazine rings is 1. The predicted octanol–water partition coefficient (Wildman–Crippen LogP) is 0.735. The van der Waals surface area contributed by atoms with Crippen LogP contribution in [0.1, 0.15) is 12.8 Å². The van der Waals surface area contributed by atoms with Gasteiger partial charge in [0.05, 0.1) is 0 Å². The van der Waals surface area contributed by atoms with Crippen molar-refractivity contribution in [1.82, 2.24) is 14.7 Å². The maximum absolute atomic E-state index is 4.00. The van der Waals surface area contributed by atoms with Gasteiger partial charge in [-0.05, 0) is 38.9 Å². The van der Waals surface area contributed by atoms with E-state index >= 15 is 0 Å². The van der Waals surface area contributed by atoms with Crippen molar-refractivity contribution in [2.45, 2.75) is 12.8 Å². The second-order valence-corrected chi connectivity index (χ2v) is 5.17. The minimum absolute atomic E-state index is 0. The number of likely N-dealkylation sites (N-methyl/N-ethyl adjacent to an activating group) is 1. The maximum atomic E-state index is 4.00. The molecule has 2 fully saturated rings. The molecule has 2 saturated heterocycles. The van der Waals surface area contributed by atoms with Crippen molar-refractivity contribution in [3.8, 4) is 0 Å². The Bertz CT molecular complexity index is 165. The van der Waals surface area contributed by atoms with Crippen LogP contribution < -0.4 is 0 Å². The molecule has 0 aliphatic carbocycles. The van der Waals surface area contributed by atoms with Crippen LogP contribution in [0, 0.1) is 13.0 Å². The Labute approximate surface area is 125 Å². The Kier molecular flexibility index (Phi) is 6.98. The van der Waals surface area contributed by atoms with E-state index in [9.17, 15) is 0 Å². The molecule has 0 spiro atoms. The summed E-state index contributed by atoms with van der Waals surface area (Å²) in [7, 11) is 6.22. The molecule has 4 heteroatoms. The molecule has 1 radical (unpaired) electrons. The first kappa shape index (κ1) is 15.0. The third-order valence-electron chi connectivity index (χ3n) is 3.82. The molecule has 0 aromatic heterocycles. The molecule has 16 heavy (non-hydrogen) atoms. The van der Waals surface area contributed by atoms with E-state index in [1.54, 1.807) is 0 Å². The monoisotopic (exact) mass is 299 g/mol. The first-order valence-electron chi connectivity index (χ1n) is 6.20. The molecular formula is C12H24N3Y-. The third kappa shape index (κ3) is 4.69. The Morgan fingerprint density at radius 2 is 1.56 bits per heavy atom. The standard InChI is InChI=1S/C12H24N3.Y/c1-13-5-3-12(4-6-13)11-15-9-7-14(2)8-10-15;/h12H,1,3-11H2,2H3;/q-1;. The van der Waals surface area contributed by atoms with Gasteiger partial charge in [0.15, 0.2) is 0 Å². The van der Waals surface area contributed by atoms with Gasteiger partial charge in [0.25, 0.3) is 0 Å². The summed E-state index contributed by atoms with van der Waals surface area (Å²) in [6, 6.07) is 0. The molecule has 0 atom stereocenters. The number of nitrogens with zero attached hydrogens (tertiary/aromatic N) is 3. The molecule has 3 nitrogen and oxygen atoms in total. The van der Waals surface area contributed by atoms with Crippen LogP contribution in [0.15, 0.2) is 0 Å². The van der Waals surface area contributed by atoms with Crippen LogP contribution in [0.5, 0.6) is 0 Å². The van der Waals surface area contributed by atoms with Gasteiger partial charge in [0.1, 0.15) is 0 Å². The molecule has 0 aromatic rings. The van der Waals surface area contributed by atoms with E-state index < -0.39 is 0 Å². The van der Waals surface area contributed by atoms with E-state index in [0.717, 1.165) is 5.92 Å². The number of hydrogen-bond acceptors (Lipinski definition) is 3. The van der Waals surface area contributed by atoms with Crippen molar-refractivity contribution in [1.29, 1.82) is 0 Å². The topological polar surface area (TPSA) is 9.72 Å². The van der Waals surface area contributed by atoms with Crippen LogP contribution in [0.4, 0.5) is 0 Å².